The van der Waals surface area contributed by atoms with Crippen molar-refractivity contribution >= 4 is 33.2 Å². The molecule has 0 bridgehead atoms. The van der Waals surface area contributed by atoms with Crippen LogP contribution in [0.15, 0.2) is 77.7 Å². The zero-order valence-electron chi connectivity index (χ0n) is 18.2. The standard InChI is InChI=1S/C25H27ClN2O3S/c1-19-8-12-21(13-9-19)5-4-16-27-25(29)18-28(23-7-3-6-22(26)17-23)32(30,31)24-14-10-20(2)11-15-24/h3,6-15,17H,4-5,16,18H2,1-2H3,(H,27,29). The van der Waals surface area contributed by atoms with Crippen molar-refractivity contribution in [2.45, 2.75) is 31.6 Å². The second-order valence-corrected chi connectivity index (χ2v) is 10.0. The highest BCUT2D eigenvalue weighted by Gasteiger charge is 2.27. The van der Waals surface area contributed by atoms with Gasteiger partial charge in [0.15, 0.2) is 0 Å². The minimum absolute atomic E-state index is 0.121. The van der Waals surface area contributed by atoms with Crippen LogP contribution in [0.4, 0.5) is 5.69 Å². The van der Waals surface area contributed by atoms with E-state index in [1.54, 1.807) is 42.5 Å². The van der Waals surface area contributed by atoms with Gasteiger partial charge in [0.1, 0.15) is 6.54 Å². The lowest BCUT2D eigenvalue weighted by molar-refractivity contribution is -0.119. The van der Waals surface area contributed by atoms with Crippen molar-refractivity contribution in [2.75, 3.05) is 17.4 Å². The first-order valence-corrected chi connectivity index (χ1v) is 12.2. The molecule has 1 N–H and O–H groups in total. The Hall–Kier alpha value is -2.83. The minimum atomic E-state index is -3.95. The number of sulfonamides is 1. The molecule has 32 heavy (non-hydrogen) atoms. The number of amides is 1. The fraction of sp³-hybridized carbons (Fsp3) is 0.240. The van der Waals surface area contributed by atoms with E-state index >= 15 is 0 Å². The zero-order valence-corrected chi connectivity index (χ0v) is 19.8. The van der Waals surface area contributed by atoms with Gasteiger partial charge in [-0.3, -0.25) is 9.10 Å². The van der Waals surface area contributed by atoms with Gasteiger partial charge in [0.2, 0.25) is 5.91 Å². The Bertz CT molecular complexity index is 1160. The summed E-state index contributed by atoms with van der Waals surface area (Å²) in [7, 11) is -3.95. The molecule has 0 atom stereocenters. The van der Waals surface area contributed by atoms with Gasteiger partial charge >= 0.3 is 0 Å². The maximum absolute atomic E-state index is 13.3. The van der Waals surface area contributed by atoms with Gasteiger partial charge in [-0.15, -0.1) is 0 Å². The van der Waals surface area contributed by atoms with Crippen LogP contribution in [0, 0.1) is 13.8 Å². The van der Waals surface area contributed by atoms with Gasteiger partial charge in [-0.2, -0.15) is 0 Å². The Morgan fingerprint density at radius 3 is 2.19 bits per heavy atom. The van der Waals surface area contributed by atoms with Crippen molar-refractivity contribution in [3.05, 3.63) is 94.5 Å². The number of hydrogen-bond acceptors (Lipinski definition) is 3. The summed E-state index contributed by atoms with van der Waals surface area (Å²) in [5.74, 6) is -0.371. The molecule has 0 spiro atoms. The lowest BCUT2D eigenvalue weighted by Gasteiger charge is -2.24. The first kappa shape index (κ1) is 23.8. The number of nitrogens with one attached hydrogen (secondary N) is 1. The Balaban J connectivity index is 1.70. The van der Waals surface area contributed by atoms with Crippen molar-refractivity contribution in [1.82, 2.24) is 5.32 Å². The minimum Gasteiger partial charge on any atom is -0.355 e. The number of rotatable bonds is 9. The SMILES string of the molecule is Cc1ccc(CCCNC(=O)CN(c2cccc(Cl)c2)S(=O)(=O)c2ccc(C)cc2)cc1. The molecule has 0 fully saturated rings. The van der Waals surface area contributed by atoms with Crippen molar-refractivity contribution in [1.29, 1.82) is 0 Å². The Morgan fingerprint density at radius 2 is 1.56 bits per heavy atom. The Labute approximate surface area is 195 Å². The van der Waals surface area contributed by atoms with E-state index in [2.05, 4.69) is 29.6 Å². The van der Waals surface area contributed by atoms with Crippen molar-refractivity contribution in [2.24, 2.45) is 0 Å². The molecule has 0 aromatic heterocycles. The number of benzene rings is 3. The molecule has 0 aliphatic heterocycles. The van der Waals surface area contributed by atoms with Crippen LogP contribution in [0.3, 0.4) is 0 Å². The van der Waals surface area contributed by atoms with E-state index in [-0.39, 0.29) is 17.3 Å². The maximum atomic E-state index is 13.3. The van der Waals surface area contributed by atoms with Crippen LogP contribution in [0.25, 0.3) is 0 Å². The van der Waals surface area contributed by atoms with Crippen LogP contribution in [0.2, 0.25) is 5.02 Å². The predicted octanol–water partition coefficient (Wildman–Crippen LogP) is 4.90. The lowest BCUT2D eigenvalue weighted by atomic mass is 10.1. The zero-order chi connectivity index (χ0) is 23.1. The summed E-state index contributed by atoms with van der Waals surface area (Å²) in [5, 5.41) is 3.23. The van der Waals surface area contributed by atoms with Crippen LogP contribution < -0.4 is 9.62 Å². The highest BCUT2D eigenvalue weighted by atomic mass is 35.5. The highest BCUT2D eigenvalue weighted by Crippen LogP contribution is 2.26. The van der Waals surface area contributed by atoms with E-state index in [9.17, 15) is 13.2 Å². The second-order valence-electron chi connectivity index (χ2n) is 7.74. The maximum Gasteiger partial charge on any atom is 0.264 e. The van der Waals surface area contributed by atoms with Crippen LogP contribution in [0.1, 0.15) is 23.1 Å². The molecule has 0 aliphatic rings. The fourth-order valence-electron chi connectivity index (χ4n) is 3.25. The van der Waals surface area contributed by atoms with E-state index in [0.717, 1.165) is 22.7 Å². The molecule has 3 aromatic rings. The average molecular weight is 471 g/mol. The summed E-state index contributed by atoms with van der Waals surface area (Å²) in [6, 6.07) is 21.3. The molecule has 0 saturated carbocycles. The first-order valence-electron chi connectivity index (χ1n) is 10.4. The van der Waals surface area contributed by atoms with Gasteiger partial charge in [0.05, 0.1) is 10.6 Å². The Kier molecular flexibility index (Phi) is 7.94. The molecular weight excluding hydrogens is 444 g/mol. The third-order valence-electron chi connectivity index (χ3n) is 5.08. The largest absolute Gasteiger partial charge is 0.355 e. The normalized spacial score (nSPS) is 11.2. The summed E-state index contributed by atoms with van der Waals surface area (Å²) in [6.07, 6.45) is 1.59. The third-order valence-corrected chi connectivity index (χ3v) is 7.10. The van der Waals surface area contributed by atoms with Crippen LogP contribution in [0.5, 0.6) is 0 Å². The van der Waals surface area contributed by atoms with Gasteiger partial charge in [0, 0.05) is 11.6 Å². The number of halogens is 1. The quantitative estimate of drug-likeness (QED) is 0.452. The van der Waals surface area contributed by atoms with Crippen LogP contribution >= 0.6 is 11.6 Å². The lowest BCUT2D eigenvalue weighted by Crippen LogP contribution is -2.41. The molecule has 3 rings (SSSR count). The van der Waals surface area contributed by atoms with Crippen molar-refractivity contribution in [3.63, 3.8) is 0 Å². The summed E-state index contributed by atoms with van der Waals surface area (Å²) in [5.41, 5.74) is 3.70. The number of carbonyl (C=O) groups is 1. The molecule has 0 heterocycles. The van der Waals surface area contributed by atoms with Gasteiger partial charge in [-0.05, 0) is 62.6 Å². The molecule has 0 saturated heterocycles. The molecule has 0 aliphatic carbocycles. The number of nitrogens with zero attached hydrogens (tertiary/aromatic N) is 1. The first-order chi connectivity index (χ1) is 15.3. The Morgan fingerprint density at radius 1 is 0.938 bits per heavy atom. The molecule has 0 unspecified atom stereocenters. The number of aryl methyl sites for hydroxylation is 3. The van der Waals surface area contributed by atoms with Gasteiger partial charge in [-0.1, -0.05) is 65.2 Å². The van der Waals surface area contributed by atoms with Crippen molar-refractivity contribution < 1.29 is 13.2 Å². The van der Waals surface area contributed by atoms with Crippen LogP contribution in [-0.4, -0.2) is 27.4 Å². The molecule has 5 nitrogen and oxygen atoms in total. The van der Waals surface area contributed by atoms with Crippen LogP contribution in [-0.2, 0) is 21.2 Å². The predicted molar refractivity (Wildman–Crippen MR) is 130 cm³/mol. The van der Waals surface area contributed by atoms with Gasteiger partial charge < -0.3 is 5.32 Å². The molecule has 168 valence electrons. The second kappa shape index (κ2) is 10.7. The number of anilines is 1. The van der Waals surface area contributed by atoms with E-state index in [4.69, 9.17) is 11.6 Å². The van der Waals surface area contributed by atoms with E-state index in [0.29, 0.717) is 17.3 Å². The fourth-order valence-corrected chi connectivity index (χ4v) is 4.84. The van der Waals surface area contributed by atoms with Crippen molar-refractivity contribution in [3.8, 4) is 0 Å². The number of carbonyl (C=O) groups excluding carboxylic acids is 1. The topological polar surface area (TPSA) is 66.5 Å². The molecule has 7 heteroatoms. The van der Waals surface area contributed by atoms with E-state index in [1.165, 1.54) is 17.2 Å². The average Bonchev–Trinajstić information content (AvgIpc) is 2.76. The van der Waals surface area contributed by atoms with Gasteiger partial charge in [-0.25, -0.2) is 8.42 Å². The smallest absolute Gasteiger partial charge is 0.264 e. The van der Waals surface area contributed by atoms with E-state index in [1.807, 2.05) is 13.8 Å². The van der Waals surface area contributed by atoms with E-state index < -0.39 is 10.0 Å². The monoisotopic (exact) mass is 470 g/mol. The summed E-state index contributed by atoms with van der Waals surface area (Å²) in [6.45, 7) is 4.05. The molecule has 0 radical (unpaired) electrons. The van der Waals surface area contributed by atoms with Gasteiger partial charge in [0.25, 0.3) is 10.0 Å². The molecule has 1 amide bonds. The molecular formula is C25H27ClN2O3S. The summed E-state index contributed by atoms with van der Waals surface area (Å²) >= 11 is 6.09. The third kappa shape index (κ3) is 6.34. The highest BCUT2D eigenvalue weighted by molar-refractivity contribution is 7.92. The molecule has 3 aromatic carbocycles. The summed E-state index contributed by atoms with van der Waals surface area (Å²) < 4.78 is 27.8. The summed E-state index contributed by atoms with van der Waals surface area (Å²) in [4.78, 5) is 12.8. The number of hydrogen-bond donors (Lipinski definition) is 1.